The Morgan fingerprint density at radius 1 is 1.17 bits per heavy atom. The number of hydrogen-bond donors (Lipinski definition) is 1. The Morgan fingerprint density at radius 3 is 2.46 bits per heavy atom. The third kappa shape index (κ3) is 3.18. The maximum atomic E-state index is 14.5. The molecule has 0 unspecified atom stereocenters. The Labute approximate surface area is 145 Å². The summed E-state index contributed by atoms with van der Waals surface area (Å²) in [6.45, 7) is 0. The van der Waals surface area contributed by atoms with Gasteiger partial charge in [-0.25, -0.2) is 14.0 Å². The molecule has 0 spiro atoms. The lowest BCUT2D eigenvalue weighted by atomic mass is 10.1. The molecule has 8 heteroatoms. The summed E-state index contributed by atoms with van der Waals surface area (Å²) < 4.78 is 24.0. The molecular weight excluding hydrogens is 385 g/mol. The van der Waals surface area contributed by atoms with E-state index in [-0.39, 0.29) is 21.4 Å². The smallest absolute Gasteiger partial charge is 0.355 e. The highest BCUT2D eigenvalue weighted by atomic mass is 79.9. The topological polar surface area (TPSA) is 76.1 Å². The molecule has 0 aliphatic carbocycles. The van der Waals surface area contributed by atoms with E-state index in [9.17, 15) is 19.1 Å². The van der Waals surface area contributed by atoms with Crippen molar-refractivity contribution in [1.29, 1.82) is 0 Å². The standard InChI is InChI=1S/C16H13BrFNO5/c1-23-15(21)9-5-3-4-8-19(13(9)16(22)24-2)14-11(20)7-6-10(17)12(14)18/h3-8,20H,1-2H3. The van der Waals surface area contributed by atoms with Crippen molar-refractivity contribution >= 4 is 33.6 Å². The van der Waals surface area contributed by atoms with Gasteiger partial charge in [-0.3, -0.25) is 0 Å². The zero-order valence-electron chi connectivity index (χ0n) is 12.7. The van der Waals surface area contributed by atoms with Crippen LogP contribution in [0.15, 0.2) is 52.3 Å². The van der Waals surface area contributed by atoms with E-state index in [1.807, 2.05) is 0 Å². The maximum Gasteiger partial charge on any atom is 0.355 e. The number of carbonyl (C=O) groups excluding carboxylic acids is 2. The van der Waals surface area contributed by atoms with Gasteiger partial charge < -0.3 is 19.5 Å². The van der Waals surface area contributed by atoms with Crippen molar-refractivity contribution in [2.75, 3.05) is 19.1 Å². The summed E-state index contributed by atoms with van der Waals surface area (Å²) in [7, 11) is 2.27. The van der Waals surface area contributed by atoms with Crippen molar-refractivity contribution < 1.29 is 28.6 Å². The van der Waals surface area contributed by atoms with E-state index in [0.29, 0.717) is 0 Å². The predicted octanol–water partition coefficient (Wildman–Crippen LogP) is 2.78. The fourth-order valence-electron chi connectivity index (χ4n) is 2.10. The van der Waals surface area contributed by atoms with Gasteiger partial charge in [0.25, 0.3) is 0 Å². The van der Waals surface area contributed by atoms with Crippen LogP contribution >= 0.6 is 15.9 Å². The number of methoxy groups -OCH3 is 2. The molecule has 24 heavy (non-hydrogen) atoms. The normalized spacial score (nSPS) is 13.8. The van der Waals surface area contributed by atoms with Crippen LogP contribution in [-0.4, -0.2) is 31.3 Å². The third-order valence-electron chi connectivity index (χ3n) is 3.18. The minimum Gasteiger partial charge on any atom is -0.506 e. The fraction of sp³-hybridized carbons (Fsp3) is 0.125. The Kier molecular flexibility index (Phi) is 5.40. The van der Waals surface area contributed by atoms with Crippen LogP contribution in [0, 0.1) is 5.82 Å². The summed E-state index contributed by atoms with van der Waals surface area (Å²) in [5.74, 6) is -2.94. The Bertz CT molecular complexity index is 785. The van der Waals surface area contributed by atoms with Crippen LogP contribution in [-0.2, 0) is 19.1 Å². The lowest BCUT2D eigenvalue weighted by Gasteiger charge is -2.24. The number of allylic oxidation sites excluding steroid dienone is 2. The van der Waals surface area contributed by atoms with E-state index in [2.05, 4.69) is 20.7 Å². The summed E-state index contributed by atoms with van der Waals surface area (Å²) in [5, 5.41) is 10.1. The molecule has 0 amide bonds. The minimum atomic E-state index is -0.898. The molecule has 0 bridgehead atoms. The van der Waals surface area contributed by atoms with E-state index in [0.717, 1.165) is 19.1 Å². The Hall–Kier alpha value is -2.61. The predicted molar refractivity (Wildman–Crippen MR) is 87.6 cm³/mol. The summed E-state index contributed by atoms with van der Waals surface area (Å²) >= 11 is 3.02. The molecule has 126 valence electrons. The van der Waals surface area contributed by atoms with Gasteiger partial charge >= 0.3 is 11.9 Å². The molecule has 6 nitrogen and oxygen atoms in total. The van der Waals surface area contributed by atoms with Crippen LogP contribution < -0.4 is 4.90 Å². The van der Waals surface area contributed by atoms with Crippen molar-refractivity contribution in [3.63, 3.8) is 0 Å². The number of phenols is 1. The minimum absolute atomic E-state index is 0.0738. The number of halogens is 2. The van der Waals surface area contributed by atoms with Crippen LogP contribution in [0.25, 0.3) is 0 Å². The highest BCUT2D eigenvalue weighted by Gasteiger charge is 2.30. The van der Waals surface area contributed by atoms with Gasteiger partial charge in [-0.05, 0) is 40.2 Å². The van der Waals surface area contributed by atoms with Crippen LogP contribution in [0.4, 0.5) is 10.1 Å². The molecule has 1 aromatic carbocycles. The van der Waals surface area contributed by atoms with Gasteiger partial charge in [-0.2, -0.15) is 0 Å². The first-order valence-electron chi connectivity index (χ1n) is 6.64. The quantitative estimate of drug-likeness (QED) is 0.790. The first-order chi connectivity index (χ1) is 11.4. The van der Waals surface area contributed by atoms with Gasteiger partial charge in [0.1, 0.15) is 17.1 Å². The second-order valence-corrected chi connectivity index (χ2v) is 5.40. The van der Waals surface area contributed by atoms with Gasteiger partial charge in [-0.15, -0.1) is 0 Å². The van der Waals surface area contributed by atoms with Crippen molar-refractivity contribution in [3.05, 3.63) is 58.1 Å². The van der Waals surface area contributed by atoms with E-state index >= 15 is 0 Å². The number of hydrogen-bond acceptors (Lipinski definition) is 6. The lowest BCUT2D eigenvalue weighted by molar-refractivity contribution is -0.139. The van der Waals surface area contributed by atoms with Crippen LogP contribution in [0.3, 0.4) is 0 Å². The molecule has 1 aromatic rings. The molecule has 1 aliphatic heterocycles. The second kappa shape index (κ2) is 7.31. The van der Waals surface area contributed by atoms with Crippen molar-refractivity contribution in [2.24, 2.45) is 0 Å². The summed E-state index contributed by atoms with van der Waals surface area (Å²) in [6.07, 6.45) is 5.60. The van der Waals surface area contributed by atoms with Gasteiger partial charge in [0, 0.05) is 6.20 Å². The Balaban J connectivity index is 2.78. The molecule has 0 saturated heterocycles. The summed E-state index contributed by atoms with van der Waals surface area (Å²) in [4.78, 5) is 25.3. The van der Waals surface area contributed by atoms with Crippen LogP contribution in [0.1, 0.15) is 0 Å². The van der Waals surface area contributed by atoms with Gasteiger partial charge in [0.2, 0.25) is 0 Å². The molecule has 1 heterocycles. The average Bonchev–Trinajstić information content (AvgIpc) is 2.80. The third-order valence-corrected chi connectivity index (χ3v) is 3.79. The number of ether oxygens (including phenoxy) is 2. The summed E-state index contributed by atoms with van der Waals surface area (Å²) in [5.41, 5.74) is -0.749. The van der Waals surface area contributed by atoms with Gasteiger partial charge in [0.15, 0.2) is 5.82 Å². The lowest BCUT2D eigenvalue weighted by Crippen LogP contribution is -2.27. The van der Waals surface area contributed by atoms with E-state index < -0.39 is 23.5 Å². The highest BCUT2D eigenvalue weighted by molar-refractivity contribution is 9.10. The van der Waals surface area contributed by atoms with E-state index in [1.165, 1.54) is 36.6 Å². The molecular formula is C16H13BrFNO5. The average molecular weight is 398 g/mol. The second-order valence-electron chi connectivity index (χ2n) is 4.55. The molecule has 0 aromatic heterocycles. The maximum absolute atomic E-state index is 14.5. The summed E-state index contributed by atoms with van der Waals surface area (Å²) in [6, 6.07) is 2.57. The molecule has 0 fully saturated rings. The fourth-order valence-corrected chi connectivity index (χ4v) is 2.42. The van der Waals surface area contributed by atoms with Crippen molar-refractivity contribution in [2.45, 2.75) is 0 Å². The Morgan fingerprint density at radius 2 is 1.83 bits per heavy atom. The monoisotopic (exact) mass is 397 g/mol. The number of esters is 2. The van der Waals surface area contributed by atoms with Crippen LogP contribution in [0.5, 0.6) is 5.75 Å². The van der Waals surface area contributed by atoms with Crippen molar-refractivity contribution in [1.82, 2.24) is 0 Å². The first-order valence-corrected chi connectivity index (χ1v) is 7.43. The number of phenolic OH excluding ortho intramolecular Hbond substituents is 1. The number of nitrogens with zero attached hydrogens (tertiary/aromatic N) is 1. The number of rotatable bonds is 3. The molecule has 0 atom stereocenters. The van der Waals surface area contributed by atoms with E-state index in [4.69, 9.17) is 4.74 Å². The molecule has 2 rings (SSSR count). The van der Waals surface area contributed by atoms with Gasteiger partial charge in [0.05, 0.1) is 24.3 Å². The SMILES string of the molecule is COC(=O)C1=C(C(=O)OC)N(c2c(O)ccc(Br)c2F)C=CC=C1. The number of aromatic hydroxyl groups is 1. The molecule has 0 radical (unpaired) electrons. The first kappa shape index (κ1) is 17.7. The van der Waals surface area contributed by atoms with Crippen LogP contribution in [0.2, 0.25) is 0 Å². The highest BCUT2D eigenvalue weighted by Crippen LogP contribution is 2.38. The number of anilines is 1. The van der Waals surface area contributed by atoms with Gasteiger partial charge in [-0.1, -0.05) is 6.08 Å². The molecule has 1 N–H and O–H groups in total. The van der Waals surface area contributed by atoms with Crippen molar-refractivity contribution in [3.8, 4) is 5.75 Å². The number of carbonyl (C=O) groups is 2. The zero-order valence-corrected chi connectivity index (χ0v) is 14.3. The van der Waals surface area contributed by atoms with E-state index in [1.54, 1.807) is 0 Å². The largest absolute Gasteiger partial charge is 0.506 e. The number of benzene rings is 1. The molecule has 1 aliphatic rings. The molecule has 0 saturated carbocycles. The zero-order chi connectivity index (χ0) is 17.9.